The number of hydrogen-bond acceptors (Lipinski definition) is 6. The first-order valence-corrected chi connectivity index (χ1v) is 9.97. The summed E-state index contributed by atoms with van der Waals surface area (Å²) in [4.78, 5) is 23.2. The van der Waals surface area contributed by atoms with Crippen LogP contribution in [0.5, 0.6) is 0 Å². The molecule has 1 heterocycles. The molecule has 0 spiro atoms. The zero-order chi connectivity index (χ0) is 19.9. The topological polar surface area (TPSA) is 111 Å². The summed E-state index contributed by atoms with van der Waals surface area (Å²) in [6.45, 7) is 0.185. The zero-order valence-electron chi connectivity index (χ0n) is 14.4. The van der Waals surface area contributed by atoms with E-state index in [9.17, 15) is 18.0 Å². The van der Waals surface area contributed by atoms with Gasteiger partial charge in [-0.05, 0) is 31.0 Å². The molecule has 1 aromatic rings. The highest BCUT2D eigenvalue weighted by Crippen LogP contribution is 2.23. The Labute approximate surface area is 162 Å². The van der Waals surface area contributed by atoms with E-state index in [-0.39, 0.29) is 34.7 Å². The van der Waals surface area contributed by atoms with Gasteiger partial charge in [-0.2, -0.15) is 0 Å². The molecule has 1 atom stereocenters. The number of sulfonamides is 1. The van der Waals surface area contributed by atoms with Crippen molar-refractivity contribution in [3.8, 4) is 12.3 Å². The summed E-state index contributed by atoms with van der Waals surface area (Å²) in [5, 5.41) is 2.29. The molecule has 1 fully saturated rings. The number of rotatable bonds is 8. The van der Waals surface area contributed by atoms with Gasteiger partial charge in [-0.15, -0.1) is 6.42 Å². The fraction of sp³-hybridized carbons (Fsp3) is 0.412. The molecule has 1 saturated heterocycles. The lowest BCUT2D eigenvalue weighted by atomic mass is 10.2. The second-order valence-electron chi connectivity index (χ2n) is 5.69. The minimum atomic E-state index is -3.95. The number of hydrogen-bond donors (Lipinski definition) is 2. The van der Waals surface area contributed by atoms with Crippen LogP contribution in [0.4, 0.5) is 0 Å². The summed E-state index contributed by atoms with van der Waals surface area (Å²) in [5.41, 5.74) is -0.0540. The van der Waals surface area contributed by atoms with Crippen molar-refractivity contribution in [3.63, 3.8) is 0 Å². The molecule has 2 rings (SSSR count). The molecule has 1 aliphatic heterocycles. The van der Waals surface area contributed by atoms with Crippen LogP contribution in [0, 0.1) is 12.3 Å². The van der Waals surface area contributed by atoms with Crippen molar-refractivity contribution in [3.05, 3.63) is 28.8 Å². The van der Waals surface area contributed by atoms with Crippen LogP contribution in [0.25, 0.3) is 0 Å². The number of halogens is 1. The average Bonchev–Trinajstić information content (AvgIpc) is 3.16. The SMILES string of the molecule is C#CCNC(=O)COC(=O)c1ccc(Cl)c(S(=O)(=O)NC[C@H]2CCCO2)c1. The molecular formula is C17H19ClN2O6S. The van der Waals surface area contributed by atoms with Gasteiger partial charge in [0, 0.05) is 13.2 Å². The number of benzene rings is 1. The smallest absolute Gasteiger partial charge is 0.338 e. The molecule has 0 saturated carbocycles. The fourth-order valence-electron chi connectivity index (χ4n) is 2.34. The van der Waals surface area contributed by atoms with Gasteiger partial charge in [0.2, 0.25) is 10.0 Å². The first-order valence-electron chi connectivity index (χ1n) is 8.11. The number of nitrogens with one attached hydrogen (secondary N) is 2. The summed E-state index contributed by atoms with van der Waals surface area (Å²) < 4.78 is 37.6. The third-order valence-corrected chi connectivity index (χ3v) is 5.61. The predicted molar refractivity (Wildman–Crippen MR) is 97.7 cm³/mol. The van der Waals surface area contributed by atoms with Crippen molar-refractivity contribution < 1.29 is 27.5 Å². The van der Waals surface area contributed by atoms with Crippen LogP contribution < -0.4 is 10.0 Å². The van der Waals surface area contributed by atoms with Gasteiger partial charge < -0.3 is 14.8 Å². The Kier molecular flexibility index (Phi) is 7.62. The van der Waals surface area contributed by atoms with Gasteiger partial charge in [0.15, 0.2) is 6.61 Å². The highest BCUT2D eigenvalue weighted by molar-refractivity contribution is 7.89. The highest BCUT2D eigenvalue weighted by atomic mass is 35.5. The maximum atomic E-state index is 12.5. The summed E-state index contributed by atoms with van der Waals surface area (Å²) >= 11 is 5.98. The molecular weight excluding hydrogens is 396 g/mol. The molecule has 27 heavy (non-hydrogen) atoms. The number of amides is 1. The van der Waals surface area contributed by atoms with Crippen LogP contribution in [0.15, 0.2) is 23.1 Å². The van der Waals surface area contributed by atoms with Gasteiger partial charge in [-0.3, -0.25) is 4.79 Å². The van der Waals surface area contributed by atoms with Gasteiger partial charge >= 0.3 is 5.97 Å². The molecule has 0 unspecified atom stereocenters. The molecule has 146 valence electrons. The van der Waals surface area contributed by atoms with Gasteiger partial charge in [-0.1, -0.05) is 17.5 Å². The van der Waals surface area contributed by atoms with Crippen LogP contribution >= 0.6 is 11.6 Å². The first kappa shape index (κ1) is 21.2. The Hall–Kier alpha value is -2.12. The first-order chi connectivity index (χ1) is 12.8. The maximum Gasteiger partial charge on any atom is 0.338 e. The maximum absolute atomic E-state index is 12.5. The van der Waals surface area contributed by atoms with Crippen molar-refractivity contribution in [1.82, 2.24) is 10.0 Å². The molecule has 1 aromatic carbocycles. The van der Waals surface area contributed by atoms with E-state index in [1.54, 1.807) is 0 Å². The lowest BCUT2D eigenvalue weighted by Gasteiger charge is -2.13. The molecule has 0 bridgehead atoms. The number of ether oxygens (including phenoxy) is 2. The normalized spacial score (nSPS) is 16.5. The number of esters is 1. The minimum absolute atomic E-state index is 0.0100. The van der Waals surface area contributed by atoms with Crippen molar-refractivity contribution >= 4 is 33.5 Å². The minimum Gasteiger partial charge on any atom is -0.452 e. The van der Waals surface area contributed by atoms with E-state index in [1.165, 1.54) is 12.1 Å². The van der Waals surface area contributed by atoms with E-state index in [1.807, 2.05) is 0 Å². The van der Waals surface area contributed by atoms with Crippen molar-refractivity contribution in [2.75, 3.05) is 26.3 Å². The van der Waals surface area contributed by atoms with Gasteiger partial charge in [0.05, 0.1) is 23.2 Å². The molecule has 8 nitrogen and oxygen atoms in total. The fourth-order valence-corrected chi connectivity index (χ4v) is 3.93. The molecule has 1 aliphatic rings. The lowest BCUT2D eigenvalue weighted by Crippen LogP contribution is -2.32. The summed E-state index contributed by atoms with van der Waals surface area (Å²) in [7, 11) is -3.95. The van der Waals surface area contributed by atoms with Gasteiger partial charge in [0.1, 0.15) is 4.90 Å². The average molecular weight is 415 g/mol. The molecule has 10 heteroatoms. The lowest BCUT2D eigenvalue weighted by molar-refractivity contribution is -0.123. The van der Waals surface area contributed by atoms with E-state index in [0.29, 0.717) is 6.61 Å². The molecule has 0 radical (unpaired) electrons. The largest absolute Gasteiger partial charge is 0.452 e. The third kappa shape index (κ3) is 6.22. The van der Waals surface area contributed by atoms with Crippen molar-refractivity contribution in [1.29, 1.82) is 0 Å². The second-order valence-corrected chi connectivity index (χ2v) is 7.83. The Morgan fingerprint density at radius 3 is 2.85 bits per heavy atom. The monoisotopic (exact) mass is 414 g/mol. The zero-order valence-corrected chi connectivity index (χ0v) is 15.9. The van der Waals surface area contributed by atoms with Crippen LogP contribution in [-0.2, 0) is 24.3 Å². The number of carbonyl (C=O) groups is 2. The van der Waals surface area contributed by atoms with Gasteiger partial charge in [-0.25, -0.2) is 17.9 Å². The van der Waals surface area contributed by atoms with Crippen LogP contribution in [0.1, 0.15) is 23.2 Å². The van der Waals surface area contributed by atoms with Gasteiger partial charge in [0.25, 0.3) is 5.91 Å². The van der Waals surface area contributed by atoms with Crippen LogP contribution in [0.2, 0.25) is 5.02 Å². The molecule has 2 N–H and O–H groups in total. The predicted octanol–water partition coefficient (Wildman–Crippen LogP) is 0.703. The van der Waals surface area contributed by atoms with E-state index >= 15 is 0 Å². The standard InChI is InChI=1S/C17H19ClN2O6S/c1-2-7-19-16(21)11-26-17(22)12-5-6-14(18)15(9-12)27(23,24)20-10-13-4-3-8-25-13/h1,5-6,9,13,20H,3-4,7-8,10-11H2,(H,19,21)/t13-/m1/s1. The highest BCUT2D eigenvalue weighted by Gasteiger charge is 2.23. The van der Waals surface area contributed by atoms with Crippen molar-refractivity contribution in [2.45, 2.75) is 23.8 Å². The van der Waals surface area contributed by atoms with E-state index in [0.717, 1.165) is 18.9 Å². The summed E-state index contributed by atoms with van der Waals surface area (Å²) in [6, 6.07) is 3.68. The van der Waals surface area contributed by atoms with Crippen LogP contribution in [0.3, 0.4) is 0 Å². The molecule has 0 aliphatic carbocycles. The summed E-state index contributed by atoms with van der Waals surface area (Å²) in [5.74, 6) is 0.780. The number of terminal acetylenes is 1. The Bertz CT molecular complexity index is 843. The molecule has 1 amide bonds. The Morgan fingerprint density at radius 2 is 2.19 bits per heavy atom. The quantitative estimate of drug-likeness (QED) is 0.478. The van der Waals surface area contributed by atoms with E-state index < -0.39 is 28.5 Å². The van der Waals surface area contributed by atoms with Crippen molar-refractivity contribution in [2.24, 2.45) is 0 Å². The molecule has 0 aromatic heterocycles. The van der Waals surface area contributed by atoms with Crippen LogP contribution in [-0.4, -0.2) is 52.7 Å². The second kappa shape index (κ2) is 9.71. The third-order valence-electron chi connectivity index (χ3n) is 3.70. The van der Waals surface area contributed by atoms with E-state index in [4.69, 9.17) is 27.5 Å². The Balaban J connectivity index is 2.04. The van der Waals surface area contributed by atoms with E-state index in [2.05, 4.69) is 16.0 Å². The number of carbonyl (C=O) groups excluding carboxylic acids is 2. The summed E-state index contributed by atoms with van der Waals surface area (Å²) in [6.07, 6.45) is 6.46. The Morgan fingerprint density at radius 1 is 1.41 bits per heavy atom.